The molecular weight excluding hydrogens is 520 g/mol. The van der Waals surface area contributed by atoms with Crippen molar-refractivity contribution in [1.29, 1.82) is 0 Å². The third kappa shape index (κ3) is 15.8. The second-order valence-corrected chi connectivity index (χ2v) is 10.2. The fraction of sp³-hybridized carbons (Fsp3) is 0.800. The molecule has 232 valence electrons. The quantitative estimate of drug-likeness (QED) is 0.0862. The van der Waals surface area contributed by atoms with Crippen LogP contribution in [0.5, 0.6) is 0 Å². The number of hydrogen-bond acceptors (Lipinski definition) is 10. The van der Waals surface area contributed by atoms with E-state index in [9.17, 15) is 30.0 Å². The van der Waals surface area contributed by atoms with Crippen LogP contribution in [0.25, 0.3) is 0 Å². The van der Waals surface area contributed by atoms with E-state index in [2.05, 4.69) is 31.2 Å². The molecule has 4 N–H and O–H groups in total. The van der Waals surface area contributed by atoms with Gasteiger partial charge in [0.25, 0.3) is 0 Å². The Morgan fingerprint density at radius 3 is 2.10 bits per heavy atom. The zero-order valence-corrected chi connectivity index (χ0v) is 24.3. The van der Waals surface area contributed by atoms with E-state index in [1.165, 1.54) is 19.3 Å². The van der Waals surface area contributed by atoms with Crippen LogP contribution < -0.4 is 0 Å². The standard InChI is InChI=1S/C30H52O10/c1-3-5-6-7-8-9-10-11-12-13-14-15-16-17-18-19-26(33)39-23(21-37-25(32)4-2)22-38-30-29(36)28(35)27(34)24(20-31)40-30/h8-9,11-12,23-24,27-31,34-36H,3-7,10,13-22H2,1-2H3/b9-8-,12-11-. The molecule has 10 heteroatoms. The van der Waals surface area contributed by atoms with Crippen LogP contribution in [-0.2, 0) is 28.5 Å². The molecule has 0 amide bonds. The second-order valence-electron chi connectivity index (χ2n) is 10.2. The van der Waals surface area contributed by atoms with Gasteiger partial charge in [0.1, 0.15) is 31.0 Å². The zero-order chi connectivity index (χ0) is 29.6. The van der Waals surface area contributed by atoms with Gasteiger partial charge in [-0.3, -0.25) is 9.59 Å². The van der Waals surface area contributed by atoms with Crippen molar-refractivity contribution in [2.24, 2.45) is 0 Å². The van der Waals surface area contributed by atoms with Crippen LogP contribution >= 0.6 is 0 Å². The fourth-order valence-corrected chi connectivity index (χ4v) is 4.14. The van der Waals surface area contributed by atoms with Crippen molar-refractivity contribution in [1.82, 2.24) is 0 Å². The Morgan fingerprint density at radius 2 is 1.45 bits per heavy atom. The maximum atomic E-state index is 12.4. The SMILES string of the molecule is CCCCC/C=C\C/C=C\CCCCCCCC(=O)OC(COC(=O)CC)COC1OC(CO)C(O)C(O)C1O. The van der Waals surface area contributed by atoms with Gasteiger partial charge in [-0.25, -0.2) is 0 Å². The molecule has 1 aliphatic rings. The third-order valence-corrected chi connectivity index (χ3v) is 6.64. The van der Waals surface area contributed by atoms with Gasteiger partial charge in [0.15, 0.2) is 12.4 Å². The van der Waals surface area contributed by atoms with Crippen molar-refractivity contribution in [2.45, 2.75) is 134 Å². The molecule has 6 unspecified atom stereocenters. The monoisotopic (exact) mass is 572 g/mol. The summed E-state index contributed by atoms with van der Waals surface area (Å²) >= 11 is 0. The average Bonchev–Trinajstić information content (AvgIpc) is 2.95. The first-order valence-corrected chi connectivity index (χ1v) is 14.9. The Bertz CT molecular complexity index is 723. The van der Waals surface area contributed by atoms with Crippen LogP contribution in [0.3, 0.4) is 0 Å². The maximum absolute atomic E-state index is 12.4. The molecule has 1 saturated heterocycles. The summed E-state index contributed by atoms with van der Waals surface area (Å²) in [4.78, 5) is 24.0. The molecule has 0 aromatic rings. The van der Waals surface area contributed by atoms with Crippen LogP contribution in [-0.4, -0.2) is 89.0 Å². The highest BCUT2D eigenvalue weighted by atomic mass is 16.7. The lowest BCUT2D eigenvalue weighted by molar-refractivity contribution is -0.305. The summed E-state index contributed by atoms with van der Waals surface area (Å²) in [5, 5.41) is 39.3. The zero-order valence-electron chi connectivity index (χ0n) is 24.3. The van der Waals surface area contributed by atoms with E-state index >= 15 is 0 Å². The molecule has 0 aromatic heterocycles. The number of rotatable bonds is 22. The van der Waals surface area contributed by atoms with Gasteiger partial charge in [0.2, 0.25) is 0 Å². The minimum Gasteiger partial charge on any atom is -0.462 e. The minimum absolute atomic E-state index is 0.153. The van der Waals surface area contributed by atoms with E-state index in [-0.39, 0.29) is 26.1 Å². The number of carbonyl (C=O) groups is 2. The van der Waals surface area contributed by atoms with E-state index in [0.29, 0.717) is 6.42 Å². The van der Waals surface area contributed by atoms with Gasteiger partial charge in [0.05, 0.1) is 13.2 Å². The molecule has 40 heavy (non-hydrogen) atoms. The lowest BCUT2D eigenvalue weighted by Gasteiger charge is -2.39. The van der Waals surface area contributed by atoms with Gasteiger partial charge in [-0.1, -0.05) is 70.3 Å². The highest BCUT2D eigenvalue weighted by molar-refractivity contribution is 5.70. The maximum Gasteiger partial charge on any atom is 0.306 e. The van der Waals surface area contributed by atoms with Crippen LogP contribution in [0, 0.1) is 0 Å². The van der Waals surface area contributed by atoms with E-state index in [1.807, 2.05) is 0 Å². The topological polar surface area (TPSA) is 152 Å². The van der Waals surface area contributed by atoms with Crippen molar-refractivity contribution in [3.05, 3.63) is 24.3 Å². The number of ether oxygens (including phenoxy) is 4. The molecule has 1 rings (SSSR count). The number of aliphatic hydroxyl groups is 4. The summed E-state index contributed by atoms with van der Waals surface area (Å²) in [7, 11) is 0. The number of allylic oxidation sites excluding steroid dienone is 4. The Morgan fingerprint density at radius 1 is 0.800 bits per heavy atom. The lowest BCUT2D eigenvalue weighted by Crippen LogP contribution is -2.59. The molecular formula is C30H52O10. The Hall–Kier alpha value is -1.82. The average molecular weight is 573 g/mol. The number of unbranched alkanes of at least 4 members (excludes halogenated alkanes) is 8. The van der Waals surface area contributed by atoms with Crippen LogP contribution in [0.1, 0.15) is 97.3 Å². The molecule has 0 aliphatic carbocycles. The summed E-state index contributed by atoms with van der Waals surface area (Å²) < 4.78 is 21.3. The predicted octanol–water partition coefficient (Wildman–Crippen LogP) is 3.48. The van der Waals surface area contributed by atoms with Crippen molar-refractivity contribution in [3.8, 4) is 0 Å². The summed E-state index contributed by atoms with van der Waals surface area (Å²) in [6, 6.07) is 0. The highest BCUT2D eigenvalue weighted by Crippen LogP contribution is 2.22. The first-order valence-electron chi connectivity index (χ1n) is 14.9. The minimum atomic E-state index is -1.59. The molecule has 0 aromatic carbocycles. The normalized spacial score (nSPS) is 24.0. The molecule has 1 fully saturated rings. The van der Waals surface area contributed by atoms with Gasteiger partial charge in [-0.05, 0) is 38.5 Å². The first kappa shape index (κ1) is 36.2. The molecule has 10 nitrogen and oxygen atoms in total. The van der Waals surface area contributed by atoms with Crippen molar-refractivity contribution < 1.29 is 49.0 Å². The lowest BCUT2D eigenvalue weighted by atomic mass is 9.99. The Balaban J connectivity index is 2.30. The molecule has 0 spiro atoms. The Kier molecular flexibility index (Phi) is 20.7. The summed E-state index contributed by atoms with van der Waals surface area (Å²) in [5.41, 5.74) is 0. The molecule has 6 atom stereocenters. The van der Waals surface area contributed by atoms with Gasteiger partial charge in [-0.2, -0.15) is 0 Å². The number of esters is 2. The van der Waals surface area contributed by atoms with E-state index in [4.69, 9.17) is 18.9 Å². The largest absolute Gasteiger partial charge is 0.462 e. The summed E-state index contributed by atoms with van der Waals surface area (Å²) in [5.74, 6) is -0.928. The third-order valence-electron chi connectivity index (χ3n) is 6.64. The smallest absolute Gasteiger partial charge is 0.306 e. The summed E-state index contributed by atoms with van der Waals surface area (Å²) in [6.45, 7) is 2.73. The molecule has 1 heterocycles. The van der Waals surface area contributed by atoms with Crippen LogP contribution in [0.2, 0.25) is 0 Å². The van der Waals surface area contributed by atoms with Crippen molar-refractivity contribution >= 4 is 11.9 Å². The molecule has 0 bridgehead atoms. The Labute approximate surface area is 239 Å². The van der Waals surface area contributed by atoms with Crippen molar-refractivity contribution in [2.75, 3.05) is 19.8 Å². The fourth-order valence-electron chi connectivity index (χ4n) is 4.14. The number of aliphatic hydroxyl groups excluding tert-OH is 4. The first-order chi connectivity index (χ1) is 19.3. The molecule has 1 aliphatic heterocycles. The summed E-state index contributed by atoms with van der Waals surface area (Å²) in [6.07, 6.45) is 13.0. The second kappa shape index (κ2) is 22.8. The molecule has 0 radical (unpaired) electrons. The predicted molar refractivity (Wildman–Crippen MR) is 150 cm³/mol. The van der Waals surface area contributed by atoms with Crippen LogP contribution in [0.15, 0.2) is 24.3 Å². The van der Waals surface area contributed by atoms with E-state index < -0.39 is 55.4 Å². The number of carbonyl (C=O) groups excluding carboxylic acids is 2. The van der Waals surface area contributed by atoms with E-state index in [0.717, 1.165) is 44.9 Å². The van der Waals surface area contributed by atoms with Gasteiger partial charge in [-0.15, -0.1) is 0 Å². The van der Waals surface area contributed by atoms with Crippen LogP contribution in [0.4, 0.5) is 0 Å². The number of hydrogen-bond donors (Lipinski definition) is 4. The highest BCUT2D eigenvalue weighted by Gasteiger charge is 2.44. The molecule has 0 saturated carbocycles. The van der Waals surface area contributed by atoms with Gasteiger partial charge >= 0.3 is 11.9 Å². The van der Waals surface area contributed by atoms with Gasteiger partial charge < -0.3 is 39.4 Å². The van der Waals surface area contributed by atoms with Crippen molar-refractivity contribution in [3.63, 3.8) is 0 Å². The van der Waals surface area contributed by atoms with Gasteiger partial charge in [0, 0.05) is 12.8 Å². The van der Waals surface area contributed by atoms with E-state index in [1.54, 1.807) is 6.92 Å².